The summed E-state index contributed by atoms with van der Waals surface area (Å²) in [4.78, 5) is 58.9. The van der Waals surface area contributed by atoms with E-state index in [0.29, 0.717) is 31.6 Å². The van der Waals surface area contributed by atoms with Crippen molar-refractivity contribution in [2.24, 2.45) is 5.73 Å². The van der Waals surface area contributed by atoms with E-state index in [1.807, 2.05) is 24.3 Å². The van der Waals surface area contributed by atoms with Crippen LogP contribution in [0.3, 0.4) is 0 Å². The van der Waals surface area contributed by atoms with Crippen LogP contribution in [0.2, 0.25) is 0 Å². The Bertz CT molecular complexity index is 1660. The number of carbonyl (C=O) groups is 2. The fourth-order valence-corrected chi connectivity index (χ4v) is 7.92. The molecule has 2 fully saturated rings. The molecule has 16 nitrogen and oxygen atoms in total. The van der Waals surface area contributed by atoms with Crippen molar-refractivity contribution < 1.29 is 23.9 Å². The lowest BCUT2D eigenvalue weighted by atomic mass is 9.95. The van der Waals surface area contributed by atoms with Crippen molar-refractivity contribution in [3.05, 3.63) is 40.3 Å². The zero-order chi connectivity index (χ0) is 38.2. The standard InChI is InChI=1S/C36H58N11O5PS/c37-30(35(49)41-18-22-53(50,51)52)11-12-32(48)40-17-21-47-19-13-27(14-20-47)44-34-29-9-4-5-10-31(29)45-36(46-34)42-24-33-43-28(25-54-33)23-38-15-6-16-39-26-7-2-1-3-8-26/h4-5,9-10,25-27,30,38-39H,1-3,6-8,11-24,37H2,(H,40,48)(H,41,49)(H2,50,51,52)(H2,42,44,45,46)/t30-/m0/s1. The van der Waals surface area contributed by atoms with E-state index in [1.165, 1.54) is 32.1 Å². The summed E-state index contributed by atoms with van der Waals surface area (Å²) >= 11 is 1.64. The highest BCUT2D eigenvalue weighted by molar-refractivity contribution is 7.51. The smallest absolute Gasteiger partial charge is 0.327 e. The predicted octanol–water partition coefficient (Wildman–Crippen LogP) is 2.49. The van der Waals surface area contributed by atoms with E-state index in [9.17, 15) is 14.2 Å². The average molecular weight is 788 g/mol. The van der Waals surface area contributed by atoms with Crippen molar-refractivity contribution in [3.8, 4) is 0 Å². The van der Waals surface area contributed by atoms with Crippen molar-refractivity contribution in [1.29, 1.82) is 0 Å². The number of amides is 2. The summed E-state index contributed by atoms with van der Waals surface area (Å²) in [5.41, 5.74) is 7.75. The molecule has 1 atom stereocenters. The summed E-state index contributed by atoms with van der Waals surface area (Å²) in [5.74, 6) is 0.642. The molecule has 3 heterocycles. The average Bonchev–Trinajstić information content (AvgIpc) is 3.62. The summed E-state index contributed by atoms with van der Waals surface area (Å²) in [6, 6.07) is 8.05. The number of benzene rings is 1. The molecule has 0 radical (unpaired) electrons. The Kier molecular flexibility index (Phi) is 16.8. The molecule has 18 heteroatoms. The van der Waals surface area contributed by atoms with Crippen molar-refractivity contribution >= 4 is 53.4 Å². The summed E-state index contributed by atoms with van der Waals surface area (Å²) in [6.45, 7) is 6.12. The number of fused-ring (bicyclic) bond motifs is 1. The van der Waals surface area contributed by atoms with Gasteiger partial charge in [-0.25, -0.2) is 9.97 Å². The maximum atomic E-state index is 12.3. The Morgan fingerprint density at radius 1 is 0.944 bits per heavy atom. The van der Waals surface area contributed by atoms with Crippen LogP contribution >= 0.6 is 18.9 Å². The van der Waals surface area contributed by atoms with Crippen LogP contribution in [0.4, 0.5) is 11.8 Å². The fourth-order valence-electron chi connectivity index (χ4n) is 6.78. The molecule has 5 rings (SSSR count). The molecule has 298 valence electrons. The van der Waals surface area contributed by atoms with Crippen molar-refractivity contribution in [2.45, 2.75) is 95.4 Å². The molecule has 1 aliphatic carbocycles. The van der Waals surface area contributed by atoms with Gasteiger partial charge in [0.05, 0.1) is 30.0 Å². The third-order valence-electron chi connectivity index (χ3n) is 9.88. The first-order valence-corrected chi connectivity index (χ1v) is 22.0. The van der Waals surface area contributed by atoms with Crippen LogP contribution in [-0.4, -0.2) is 112 Å². The second-order valence-corrected chi connectivity index (χ2v) is 17.0. The van der Waals surface area contributed by atoms with Crippen LogP contribution in [0.1, 0.15) is 74.9 Å². The summed E-state index contributed by atoms with van der Waals surface area (Å²) in [5, 5.41) is 23.7. The lowest BCUT2D eigenvalue weighted by Gasteiger charge is -2.32. The third-order valence-corrected chi connectivity index (χ3v) is 11.6. The maximum absolute atomic E-state index is 12.3. The molecule has 0 unspecified atom stereocenters. The number of piperidine rings is 1. The van der Waals surface area contributed by atoms with Crippen LogP contribution in [0.5, 0.6) is 0 Å². The lowest BCUT2D eigenvalue weighted by Crippen LogP contribution is -2.43. The molecule has 3 aromatic rings. The Balaban J connectivity index is 0.985. The van der Waals surface area contributed by atoms with Crippen molar-refractivity contribution in [2.75, 3.05) is 62.6 Å². The zero-order valence-electron chi connectivity index (χ0n) is 31.1. The van der Waals surface area contributed by atoms with Gasteiger partial charge in [0.15, 0.2) is 0 Å². The Morgan fingerprint density at radius 2 is 1.74 bits per heavy atom. The first kappa shape index (κ1) is 41.9. The Labute approximate surface area is 321 Å². The van der Waals surface area contributed by atoms with Crippen molar-refractivity contribution in [1.82, 2.24) is 41.1 Å². The minimum Gasteiger partial charge on any atom is -0.367 e. The van der Waals surface area contributed by atoms with E-state index in [1.54, 1.807) is 11.3 Å². The molecule has 1 aliphatic heterocycles. The second kappa shape index (κ2) is 21.7. The van der Waals surface area contributed by atoms with Gasteiger partial charge in [0.1, 0.15) is 10.8 Å². The van der Waals surface area contributed by atoms with Crippen LogP contribution in [0.15, 0.2) is 29.6 Å². The van der Waals surface area contributed by atoms with Crippen LogP contribution in [0.25, 0.3) is 10.9 Å². The van der Waals surface area contributed by atoms with Crippen LogP contribution in [-0.2, 0) is 27.2 Å². The molecule has 1 saturated heterocycles. The van der Waals surface area contributed by atoms with E-state index in [4.69, 9.17) is 30.5 Å². The van der Waals surface area contributed by atoms with Crippen LogP contribution in [0, 0.1) is 0 Å². The highest BCUT2D eigenvalue weighted by Gasteiger charge is 2.22. The van der Waals surface area contributed by atoms with Gasteiger partial charge < -0.3 is 52.3 Å². The number of carbonyl (C=O) groups excluding carboxylic acids is 2. The molecule has 2 aromatic heterocycles. The number of para-hydroxylation sites is 1. The van der Waals surface area contributed by atoms with Gasteiger partial charge in [-0.1, -0.05) is 31.4 Å². The van der Waals surface area contributed by atoms with Crippen molar-refractivity contribution in [3.63, 3.8) is 0 Å². The fraction of sp³-hybridized carbons (Fsp3) is 0.639. The minimum absolute atomic E-state index is 0.0870. The number of nitrogens with one attached hydrogen (secondary N) is 6. The summed E-state index contributed by atoms with van der Waals surface area (Å²) in [6.07, 6.45) is 9.48. The number of anilines is 2. The molecule has 2 amide bonds. The molecule has 0 bridgehead atoms. The number of aromatic nitrogens is 3. The minimum atomic E-state index is -4.19. The SMILES string of the molecule is N[C@@H](CCC(=O)NCCN1CCC(Nc2nc(NCc3nc(CNCCCNC4CCCCC4)cs3)nc3ccccc23)CC1)C(=O)NCCP(=O)(O)O. The number of nitrogens with two attached hydrogens (primary N) is 1. The number of nitrogens with zero attached hydrogens (tertiary/aromatic N) is 4. The largest absolute Gasteiger partial charge is 0.367 e. The molecular formula is C36H58N11O5PS. The lowest BCUT2D eigenvalue weighted by molar-refractivity contribution is -0.123. The topological polar surface area (TPSA) is 232 Å². The van der Waals surface area contributed by atoms with E-state index < -0.39 is 25.7 Å². The van der Waals surface area contributed by atoms with Gasteiger partial charge in [-0.2, -0.15) is 4.98 Å². The molecular weight excluding hydrogens is 730 g/mol. The second-order valence-electron chi connectivity index (χ2n) is 14.3. The molecule has 10 N–H and O–H groups in total. The van der Waals surface area contributed by atoms with E-state index in [-0.39, 0.29) is 31.3 Å². The zero-order valence-corrected chi connectivity index (χ0v) is 32.8. The van der Waals surface area contributed by atoms with Gasteiger partial charge in [-0.15, -0.1) is 11.3 Å². The van der Waals surface area contributed by atoms with Gasteiger partial charge in [-0.05, 0) is 63.7 Å². The highest BCUT2D eigenvalue weighted by Crippen LogP contribution is 2.32. The van der Waals surface area contributed by atoms with E-state index >= 15 is 0 Å². The monoisotopic (exact) mass is 787 g/mol. The number of rotatable bonds is 22. The molecule has 0 spiro atoms. The molecule has 54 heavy (non-hydrogen) atoms. The van der Waals surface area contributed by atoms with Gasteiger partial charge in [0.25, 0.3) is 0 Å². The Hall–Kier alpha value is -3.28. The third kappa shape index (κ3) is 14.8. The van der Waals surface area contributed by atoms with Gasteiger partial charge in [0.2, 0.25) is 17.8 Å². The first-order chi connectivity index (χ1) is 26.1. The molecule has 2 aliphatic rings. The van der Waals surface area contributed by atoms with Gasteiger partial charge in [0, 0.05) is 68.5 Å². The van der Waals surface area contributed by atoms with Gasteiger partial charge in [-0.3, -0.25) is 14.2 Å². The summed E-state index contributed by atoms with van der Waals surface area (Å²) in [7, 11) is -4.19. The molecule has 1 saturated carbocycles. The first-order valence-electron chi connectivity index (χ1n) is 19.3. The normalized spacial score (nSPS) is 16.6. The van der Waals surface area contributed by atoms with Crippen LogP contribution < -0.4 is 37.6 Å². The van der Waals surface area contributed by atoms with E-state index in [0.717, 1.165) is 79.4 Å². The highest BCUT2D eigenvalue weighted by atomic mass is 32.1. The number of hydrogen-bond acceptors (Lipinski definition) is 13. The molecule has 1 aromatic carbocycles. The van der Waals surface area contributed by atoms with E-state index in [2.05, 4.69) is 42.2 Å². The number of hydrogen-bond donors (Lipinski definition) is 9. The number of likely N-dealkylation sites (tertiary alicyclic amines) is 1. The summed E-state index contributed by atoms with van der Waals surface area (Å²) < 4.78 is 10.9. The quantitative estimate of drug-likeness (QED) is 0.0527. The van der Waals surface area contributed by atoms with Gasteiger partial charge >= 0.3 is 7.60 Å². The predicted molar refractivity (Wildman–Crippen MR) is 213 cm³/mol. The Morgan fingerprint density at radius 3 is 2.54 bits per heavy atom. The number of thiazole rings is 1. The maximum Gasteiger partial charge on any atom is 0.327 e.